The third-order valence-electron chi connectivity index (χ3n) is 2.49. The minimum Gasteiger partial charge on any atom is -0.494 e. The molecule has 0 fully saturated rings. The molecule has 1 unspecified atom stereocenters. The number of hydrogen-bond acceptors (Lipinski definition) is 4. The maximum absolute atomic E-state index is 12.4. The van der Waals surface area contributed by atoms with Crippen LogP contribution in [0.25, 0.3) is 0 Å². The van der Waals surface area contributed by atoms with Gasteiger partial charge in [-0.05, 0) is 52.5 Å². The molecule has 0 aliphatic carbocycles. The maximum atomic E-state index is 12.4. The summed E-state index contributed by atoms with van der Waals surface area (Å²) in [5, 5.41) is 1.97. The van der Waals surface area contributed by atoms with E-state index in [1.54, 1.807) is 29.5 Å². The van der Waals surface area contributed by atoms with Crippen molar-refractivity contribution in [3.05, 3.63) is 39.0 Å². The van der Waals surface area contributed by atoms with Gasteiger partial charge in [-0.3, -0.25) is 4.21 Å². The van der Waals surface area contributed by atoms with E-state index in [1.807, 2.05) is 18.4 Å². The second-order valence-corrected chi connectivity index (χ2v) is 7.09. The van der Waals surface area contributed by atoms with Gasteiger partial charge in [0.2, 0.25) is 0 Å². The second-order valence-electron chi connectivity index (χ2n) is 3.81. The Hall–Kier alpha value is -0.850. The summed E-state index contributed by atoms with van der Waals surface area (Å²) in [4.78, 5) is 1.69. The molecule has 0 saturated carbocycles. The molecule has 1 aromatic carbocycles. The number of halogens is 1. The standard InChI is InChI=1S/C13H14BrNO2S2/c1-2-17-9-3-4-11(15)13(7-9)19(16)8-12-10(14)5-6-18-12/h3-7H,2,8,15H2,1H3. The summed E-state index contributed by atoms with van der Waals surface area (Å²) >= 11 is 5.03. The lowest BCUT2D eigenvalue weighted by Crippen LogP contribution is -2.01. The molecule has 2 rings (SSSR count). The Labute approximate surface area is 127 Å². The first-order valence-corrected chi connectivity index (χ1v) is 8.73. The number of rotatable bonds is 5. The van der Waals surface area contributed by atoms with Gasteiger partial charge in [-0.1, -0.05) is 0 Å². The van der Waals surface area contributed by atoms with Crippen LogP contribution in [0.5, 0.6) is 5.75 Å². The summed E-state index contributed by atoms with van der Waals surface area (Å²) in [6, 6.07) is 7.25. The fraction of sp³-hybridized carbons (Fsp3) is 0.231. The average molecular weight is 360 g/mol. The molecule has 19 heavy (non-hydrogen) atoms. The van der Waals surface area contributed by atoms with Gasteiger partial charge in [0.25, 0.3) is 0 Å². The van der Waals surface area contributed by atoms with Crippen LogP contribution in [0, 0.1) is 0 Å². The van der Waals surface area contributed by atoms with Crippen molar-refractivity contribution in [2.45, 2.75) is 17.6 Å². The van der Waals surface area contributed by atoms with Crippen molar-refractivity contribution in [1.29, 1.82) is 0 Å². The number of benzene rings is 1. The van der Waals surface area contributed by atoms with E-state index in [9.17, 15) is 4.21 Å². The van der Waals surface area contributed by atoms with Crippen molar-refractivity contribution < 1.29 is 8.95 Å². The van der Waals surface area contributed by atoms with Crippen molar-refractivity contribution in [3.8, 4) is 5.75 Å². The summed E-state index contributed by atoms with van der Waals surface area (Å²) in [5.41, 5.74) is 6.43. The van der Waals surface area contributed by atoms with Crippen LogP contribution in [0.3, 0.4) is 0 Å². The van der Waals surface area contributed by atoms with Gasteiger partial charge in [-0.25, -0.2) is 0 Å². The first-order chi connectivity index (χ1) is 9.11. The molecule has 3 nitrogen and oxygen atoms in total. The summed E-state index contributed by atoms with van der Waals surface area (Å²) in [6.45, 7) is 2.49. The Morgan fingerprint density at radius 3 is 2.84 bits per heavy atom. The molecule has 1 heterocycles. The predicted molar refractivity (Wildman–Crippen MR) is 84.2 cm³/mol. The SMILES string of the molecule is CCOc1ccc(N)c(S(=O)Cc2sccc2Br)c1. The van der Waals surface area contributed by atoms with Crippen LogP contribution in [0.2, 0.25) is 0 Å². The van der Waals surface area contributed by atoms with E-state index in [2.05, 4.69) is 15.9 Å². The second kappa shape index (κ2) is 6.54. The molecule has 0 aliphatic rings. The zero-order valence-electron chi connectivity index (χ0n) is 10.4. The van der Waals surface area contributed by atoms with Crippen LogP contribution in [-0.4, -0.2) is 10.8 Å². The number of ether oxygens (including phenoxy) is 1. The molecular weight excluding hydrogens is 346 g/mol. The monoisotopic (exact) mass is 359 g/mol. The zero-order valence-corrected chi connectivity index (χ0v) is 13.6. The molecule has 0 radical (unpaired) electrons. The zero-order chi connectivity index (χ0) is 13.8. The predicted octanol–water partition coefficient (Wildman–Crippen LogP) is 3.80. The van der Waals surface area contributed by atoms with E-state index in [0.717, 1.165) is 9.35 Å². The fourth-order valence-corrected chi connectivity index (χ4v) is 4.78. The van der Waals surface area contributed by atoms with Crippen LogP contribution in [0.15, 0.2) is 39.0 Å². The third-order valence-corrected chi connectivity index (χ3v) is 6.00. The maximum Gasteiger partial charge on any atom is 0.120 e. The molecule has 2 N–H and O–H groups in total. The lowest BCUT2D eigenvalue weighted by atomic mass is 10.3. The smallest absolute Gasteiger partial charge is 0.120 e. The van der Waals surface area contributed by atoms with Gasteiger partial charge >= 0.3 is 0 Å². The van der Waals surface area contributed by atoms with Crippen LogP contribution in [0.4, 0.5) is 5.69 Å². The van der Waals surface area contributed by atoms with Crippen molar-refractivity contribution in [3.63, 3.8) is 0 Å². The molecule has 2 aromatic rings. The van der Waals surface area contributed by atoms with E-state index in [-0.39, 0.29) is 0 Å². The van der Waals surface area contributed by atoms with Gasteiger partial charge in [-0.15, -0.1) is 11.3 Å². The molecule has 0 spiro atoms. The molecular formula is C13H14BrNO2S2. The lowest BCUT2D eigenvalue weighted by Gasteiger charge is -2.09. The van der Waals surface area contributed by atoms with E-state index >= 15 is 0 Å². The number of nitrogens with two attached hydrogens (primary N) is 1. The van der Waals surface area contributed by atoms with Gasteiger partial charge in [0.15, 0.2) is 0 Å². The van der Waals surface area contributed by atoms with E-state index < -0.39 is 10.8 Å². The Kier molecular flexibility index (Phi) is 5.01. The van der Waals surface area contributed by atoms with Gasteiger partial charge < -0.3 is 10.5 Å². The molecule has 102 valence electrons. The van der Waals surface area contributed by atoms with Gasteiger partial charge in [0, 0.05) is 15.0 Å². The summed E-state index contributed by atoms with van der Waals surface area (Å²) in [7, 11) is -1.17. The molecule has 0 amide bonds. The molecule has 1 aromatic heterocycles. The quantitative estimate of drug-likeness (QED) is 0.826. The Bertz CT molecular complexity index is 598. The molecule has 0 bridgehead atoms. The Morgan fingerprint density at radius 1 is 1.42 bits per heavy atom. The topological polar surface area (TPSA) is 52.3 Å². The van der Waals surface area contributed by atoms with Crippen LogP contribution >= 0.6 is 27.3 Å². The van der Waals surface area contributed by atoms with E-state index in [1.165, 1.54) is 0 Å². The number of hydrogen-bond donors (Lipinski definition) is 1. The fourth-order valence-electron chi connectivity index (χ4n) is 1.59. The Morgan fingerprint density at radius 2 is 2.21 bits per heavy atom. The Balaban J connectivity index is 2.23. The van der Waals surface area contributed by atoms with Gasteiger partial charge in [-0.2, -0.15) is 0 Å². The largest absolute Gasteiger partial charge is 0.494 e. The van der Waals surface area contributed by atoms with E-state index in [0.29, 0.717) is 28.7 Å². The third kappa shape index (κ3) is 3.58. The van der Waals surface area contributed by atoms with Gasteiger partial charge in [0.05, 0.1) is 28.1 Å². The van der Waals surface area contributed by atoms with Crippen molar-refractivity contribution in [2.75, 3.05) is 12.3 Å². The van der Waals surface area contributed by atoms with E-state index in [4.69, 9.17) is 10.5 Å². The highest BCUT2D eigenvalue weighted by Gasteiger charge is 2.13. The number of nitrogen functional groups attached to an aromatic ring is 1. The highest BCUT2D eigenvalue weighted by Crippen LogP contribution is 2.29. The van der Waals surface area contributed by atoms with Crippen LogP contribution in [0.1, 0.15) is 11.8 Å². The van der Waals surface area contributed by atoms with Crippen molar-refractivity contribution in [1.82, 2.24) is 0 Å². The minimum absolute atomic E-state index is 0.456. The number of thiophene rings is 1. The number of anilines is 1. The molecule has 0 saturated heterocycles. The van der Waals surface area contributed by atoms with Gasteiger partial charge in [0.1, 0.15) is 5.75 Å². The molecule has 6 heteroatoms. The van der Waals surface area contributed by atoms with Crippen LogP contribution in [-0.2, 0) is 16.6 Å². The first-order valence-electron chi connectivity index (χ1n) is 5.74. The average Bonchev–Trinajstić information content (AvgIpc) is 2.77. The van der Waals surface area contributed by atoms with Crippen molar-refractivity contribution in [2.24, 2.45) is 0 Å². The summed E-state index contributed by atoms with van der Waals surface area (Å²) < 4.78 is 18.8. The summed E-state index contributed by atoms with van der Waals surface area (Å²) in [5.74, 6) is 1.16. The van der Waals surface area contributed by atoms with Crippen molar-refractivity contribution >= 4 is 43.8 Å². The lowest BCUT2D eigenvalue weighted by molar-refractivity contribution is 0.339. The molecule has 1 atom stereocenters. The highest BCUT2D eigenvalue weighted by molar-refractivity contribution is 9.10. The van der Waals surface area contributed by atoms with Crippen LogP contribution < -0.4 is 10.5 Å². The minimum atomic E-state index is -1.17. The first kappa shape index (κ1) is 14.6. The summed E-state index contributed by atoms with van der Waals surface area (Å²) in [6.07, 6.45) is 0. The molecule has 0 aliphatic heterocycles. The highest BCUT2D eigenvalue weighted by atomic mass is 79.9. The normalized spacial score (nSPS) is 12.3.